The van der Waals surface area contributed by atoms with E-state index in [9.17, 15) is 0 Å². The van der Waals surface area contributed by atoms with Crippen molar-refractivity contribution in [2.75, 3.05) is 7.05 Å². The molecule has 0 aromatic rings. The Morgan fingerprint density at radius 2 is 1.86 bits per heavy atom. The molecule has 0 spiro atoms. The highest BCUT2D eigenvalue weighted by Crippen LogP contribution is 2.26. The highest BCUT2D eigenvalue weighted by atomic mass is 15.2. The molecule has 1 fully saturated rings. The van der Waals surface area contributed by atoms with Crippen molar-refractivity contribution in [1.82, 2.24) is 4.90 Å². The molecule has 1 rings (SSSR count). The SMILES string of the molecule is C=C1CC(=C)N1C. The Morgan fingerprint density at radius 3 is 1.86 bits per heavy atom. The van der Waals surface area contributed by atoms with E-state index in [0.29, 0.717) is 0 Å². The lowest BCUT2D eigenvalue weighted by Gasteiger charge is -2.33. The molecular formula is C6H9N. The van der Waals surface area contributed by atoms with Gasteiger partial charge in [0.1, 0.15) is 0 Å². The van der Waals surface area contributed by atoms with Gasteiger partial charge >= 0.3 is 0 Å². The number of hydrogen-bond acceptors (Lipinski definition) is 1. The van der Waals surface area contributed by atoms with Crippen LogP contribution in [0.4, 0.5) is 0 Å². The lowest BCUT2D eigenvalue weighted by Crippen LogP contribution is -2.26. The third-order valence-corrected chi connectivity index (χ3v) is 1.36. The van der Waals surface area contributed by atoms with Gasteiger partial charge in [-0.1, -0.05) is 13.2 Å². The molecule has 0 atom stereocenters. The predicted molar refractivity (Wildman–Crippen MR) is 30.7 cm³/mol. The Kier molecular flexibility index (Phi) is 0.712. The summed E-state index contributed by atoms with van der Waals surface area (Å²) in [5.74, 6) is 0. The fourth-order valence-corrected chi connectivity index (χ4v) is 0.605. The Bertz CT molecular complexity index is 110. The van der Waals surface area contributed by atoms with Crippen LogP contribution >= 0.6 is 0 Å². The zero-order valence-corrected chi connectivity index (χ0v) is 4.57. The number of nitrogens with zero attached hydrogens (tertiary/aromatic N) is 1. The topological polar surface area (TPSA) is 3.24 Å². The quantitative estimate of drug-likeness (QED) is 0.439. The van der Waals surface area contributed by atoms with Gasteiger partial charge in [-0.2, -0.15) is 0 Å². The standard InChI is InChI=1S/C6H9N/c1-5-4-6(2)7(5)3/h1-2,4H2,3H3. The van der Waals surface area contributed by atoms with Gasteiger partial charge in [-0.15, -0.1) is 0 Å². The van der Waals surface area contributed by atoms with Crippen molar-refractivity contribution in [2.24, 2.45) is 0 Å². The zero-order chi connectivity index (χ0) is 5.44. The first-order valence-corrected chi connectivity index (χ1v) is 2.31. The Hall–Kier alpha value is -0.720. The first-order valence-electron chi connectivity index (χ1n) is 2.31. The van der Waals surface area contributed by atoms with E-state index in [4.69, 9.17) is 0 Å². The second-order valence-corrected chi connectivity index (χ2v) is 1.87. The van der Waals surface area contributed by atoms with Crippen LogP contribution in [0, 0.1) is 0 Å². The molecule has 0 aromatic heterocycles. The summed E-state index contributed by atoms with van der Waals surface area (Å²) in [5.41, 5.74) is 2.34. The molecule has 7 heavy (non-hydrogen) atoms. The van der Waals surface area contributed by atoms with Crippen LogP contribution in [0.15, 0.2) is 24.6 Å². The Labute approximate surface area is 43.9 Å². The van der Waals surface area contributed by atoms with Crippen LogP contribution in [-0.4, -0.2) is 11.9 Å². The molecule has 0 unspecified atom stereocenters. The number of rotatable bonds is 0. The van der Waals surface area contributed by atoms with Crippen LogP contribution in [0.5, 0.6) is 0 Å². The second-order valence-electron chi connectivity index (χ2n) is 1.87. The van der Waals surface area contributed by atoms with E-state index >= 15 is 0 Å². The summed E-state index contributed by atoms with van der Waals surface area (Å²) in [5, 5.41) is 0. The Balaban J connectivity index is 2.59. The molecule has 0 amide bonds. The first-order chi connectivity index (χ1) is 3.22. The minimum absolute atomic E-state index is 0.997. The zero-order valence-electron chi connectivity index (χ0n) is 4.57. The van der Waals surface area contributed by atoms with Gasteiger partial charge in [0.05, 0.1) is 0 Å². The van der Waals surface area contributed by atoms with Crippen LogP contribution < -0.4 is 0 Å². The van der Waals surface area contributed by atoms with E-state index in [0.717, 1.165) is 6.42 Å². The average molecular weight is 95.1 g/mol. The monoisotopic (exact) mass is 95.1 g/mol. The molecule has 1 aliphatic heterocycles. The summed E-state index contributed by atoms with van der Waals surface area (Å²) in [6.07, 6.45) is 0.997. The molecule has 1 nitrogen and oxygen atoms in total. The van der Waals surface area contributed by atoms with Crippen molar-refractivity contribution in [3.63, 3.8) is 0 Å². The molecule has 38 valence electrons. The smallest absolute Gasteiger partial charge is 0.0270 e. The van der Waals surface area contributed by atoms with Crippen molar-refractivity contribution >= 4 is 0 Å². The van der Waals surface area contributed by atoms with Crippen molar-refractivity contribution < 1.29 is 0 Å². The largest absolute Gasteiger partial charge is 0.352 e. The van der Waals surface area contributed by atoms with Gasteiger partial charge in [0, 0.05) is 24.9 Å². The summed E-state index contributed by atoms with van der Waals surface area (Å²) >= 11 is 0. The summed E-state index contributed by atoms with van der Waals surface area (Å²) in [7, 11) is 1.98. The molecule has 1 heteroatoms. The third-order valence-electron chi connectivity index (χ3n) is 1.36. The average Bonchev–Trinajstić information content (AvgIpc) is 1.68. The fourth-order valence-electron chi connectivity index (χ4n) is 0.605. The van der Waals surface area contributed by atoms with E-state index in [1.54, 1.807) is 0 Å². The Morgan fingerprint density at radius 1 is 1.43 bits per heavy atom. The van der Waals surface area contributed by atoms with E-state index in [1.807, 2.05) is 11.9 Å². The van der Waals surface area contributed by atoms with Crippen molar-refractivity contribution in [2.45, 2.75) is 6.42 Å². The van der Waals surface area contributed by atoms with Crippen molar-refractivity contribution in [1.29, 1.82) is 0 Å². The maximum atomic E-state index is 3.76. The molecule has 0 saturated carbocycles. The second kappa shape index (κ2) is 1.12. The minimum Gasteiger partial charge on any atom is -0.352 e. The van der Waals surface area contributed by atoms with Gasteiger partial charge < -0.3 is 4.90 Å². The predicted octanol–water partition coefficient (Wildman–Crippen LogP) is 1.35. The highest BCUT2D eigenvalue weighted by Gasteiger charge is 2.16. The molecule has 0 bridgehead atoms. The molecule has 1 aliphatic rings. The molecule has 0 aromatic carbocycles. The minimum atomic E-state index is 0.997. The summed E-state index contributed by atoms with van der Waals surface area (Å²) in [4.78, 5) is 2.00. The molecule has 0 aliphatic carbocycles. The summed E-state index contributed by atoms with van der Waals surface area (Å²) in [6.45, 7) is 7.51. The van der Waals surface area contributed by atoms with Gasteiger partial charge in [-0.05, 0) is 0 Å². The van der Waals surface area contributed by atoms with Crippen LogP contribution in [-0.2, 0) is 0 Å². The van der Waals surface area contributed by atoms with Crippen molar-refractivity contribution in [3.05, 3.63) is 24.6 Å². The van der Waals surface area contributed by atoms with E-state index < -0.39 is 0 Å². The van der Waals surface area contributed by atoms with Crippen molar-refractivity contribution in [3.8, 4) is 0 Å². The van der Waals surface area contributed by atoms with Gasteiger partial charge in [-0.3, -0.25) is 0 Å². The molecule has 1 saturated heterocycles. The summed E-state index contributed by atoms with van der Waals surface area (Å²) < 4.78 is 0. The highest BCUT2D eigenvalue weighted by molar-refractivity contribution is 5.22. The normalized spacial score (nSPS) is 19.9. The van der Waals surface area contributed by atoms with Crippen LogP contribution in [0.1, 0.15) is 6.42 Å². The van der Waals surface area contributed by atoms with Gasteiger partial charge in [-0.25, -0.2) is 0 Å². The van der Waals surface area contributed by atoms with Crippen LogP contribution in [0.3, 0.4) is 0 Å². The molecule has 0 radical (unpaired) electrons. The molecule has 1 heterocycles. The number of hydrogen-bond donors (Lipinski definition) is 0. The van der Waals surface area contributed by atoms with Gasteiger partial charge in [0.2, 0.25) is 0 Å². The van der Waals surface area contributed by atoms with E-state index in [-0.39, 0.29) is 0 Å². The molecule has 0 N–H and O–H groups in total. The van der Waals surface area contributed by atoms with E-state index in [1.165, 1.54) is 11.4 Å². The van der Waals surface area contributed by atoms with Gasteiger partial charge in [0.15, 0.2) is 0 Å². The van der Waals surface area contributed by atoms with E-state index in [2.05, 4.69) is 13.2 Å². The first kappa shape index (κ1) is 4.44. The number of likely N-dealkylation sites (tertiary alicyclic amines) is 1. The third kappa shape index (κ3) is 0.446. The maximum absolute atomic E-state index is 3.76. The lowest BCUT2D eigenvalue weighted by atomic mass is 10.1. The molecular weight excluding hydrogens is 86.1 g/mol. The van der Waals surface area contributed by atoms with Crippen LogP contribution in [0.2, 0.25) is 0 Å². The summed E-state index contributed by atoms with van der Waals surface area (Å²) in [6, 6.07) is 0. The van der Waals surface area contributed by atoms with Gasteiger partial charge in [0.25, 0.3) is 0 Å². The maximum Gasteiger partial charge on any atom is 0.0270 e. The lowest BCUT2D eigenvalue weighted by molar-refractivity contribution is 0.409. The fraction of sp³-hybridized carbons (Fsp3) is 0.333. The van der Waals surface area contributed by atoms with Crippen LogP contribution in [0.25, 0.3) is 0 Å².